The van der Waals surface area contributed by atoms with Gasteiger partial charge in [0.25, 0.3) is 0 Å². The molecular formula is C9H10FNO. The average Bonchev–Trinajstić information content (AvgIpc) is 1.96. The third kappa shape index (κ3) is 1.49. The Morgan fingerprint density at radius 3 is 2.50 bits per heavy atom. The molecule has 0 amide bonds. The minimum atomic E-state index is -0.425. The number of hydrogen-bond acceptors (Lipinski definition) is 2. The highest BCUT2D eigenvalue weighted by Gasteiger charge is 2.08. The summed E-state index contributed by atoms with van der Waals surface area (Å²) in [5, 5.41) is 0. The molecule has 0 radical (unpaired) electrons. The average molecular weight is 167 g/mol. The molecule has 0 unspecified atom stereocenters. The molecule has 1 rings (SSSR count). The van der Waals surface area contributed by atoms with Gasteiger partial charge < -0.3 is 0 Å². The molecule has 0 spiro atoms. The first-order valence-corrected chi connectivity index (χ1v) is 3.67. The zero-order valence-corrected chi connectivity index (χ0v) is 7.31. The first-order chi connectivity index (χ1) is 5.52. The Hall–Kier alpha value is -1.25. The molecule has 0 bridgehead atoms. The molecule has 0 aliphatic carbocycles. The molecule has 0 fully saturated rings. The third-order valence-corrected chi connectivity index (χ3v) is 1.72. The fourth-order valence-corrected chi connectivity index (χ4v) is 1.06. The smallest absolute Gasteiger partial charge is 0.161 e. The number of pyridine rings is 1. The van der Waals surface area contributed by atoms with Crippen molar-refractivity contribution in [1.29, 1.82) is 0 Å². The van der Waals surface area contributed by atoms with Gasteiger partial charge >= 0.3 is 0 Å². The van der Waals surface area contributed by atoms with E-state index in [9.17, 15) is 9.18 Å². The van der Waals surface area contributed by atoms with Crippen LogP contribution in [0.3, 0.4) is 0 Å². The Bertz CT molecular complexity index is 334. The highest BCUT2D eigenvalue weighted by Crippen LogP contribution is 2.11. The van der Waals surface area contributed by atoms with Crippen molar-refractivity contribution in [1.82, 2.24) is 4.98 Å². The monoisotopic (exact) mass is 167 g/mol. The lowest BCUT2D eigenvalue weighted by atomic mass is 10.1. The van der Waals surface area contributed by atoms with E-state index in [1.807, 2.05) is 0 Å². The van der Waals surface area contributed by atoms with Crippen molar-refractivity contribution in [3.63, 3.8) is 0 Å². The molecule has 64 valence electrons. The molecule has 1 aromatic heterocycles. The molecule has 0 saturated heterocycles. The number of carbonyl (C=O) groups excluding carboxylic acids is 1. The maximum absolute atomic E-state index is 12.9. The molecule has 1 aromatic rings. The number of carbonyl (C=O) groups is 1. The van der Waals surface area contributed by atoms with Crippen molar-refractivity contribution >= 4 is 5.78 Å². The molecule has 0 aromatic carbocycles. The van der Waals surface area contributed by atoms with E-state index in [4.69, 9.17) is 0 Å². The molecule has 0 aliphatic rings. The zero-order chi connectivity index (χ0) is 9.30. The van der Waals surface area contributed by atoms with Crippen LogP contribution in [-0.4, -0.2) is 10.8 Å². The molecule has 0 saturated carbocycles. The molecule has 0 atom stereocenters. The fraction of sp³-hybridized carbons (Fsp3) is 0.333. The summed E-state index contributed by atoms with van der Waals surface area (Å²) >= 11 is 0. The molecule has 3 heteroatoms. The van der Waals surface area contributed by atoms with Gasteiger partial charge in [-0.3, -0.25) is 9.78 Å². The molecule has 0 aliphatic heterocycles. The van der Waals surface area contributed by atoms with Crippen molar-refractivity contribution in [2.45, 2.75) is 20.8 Å². The second-order valence-corrected chi connectivity index (χ2v) is 2.74. The van der Waals surface area contributed by atoms with Gasteiger partial charge in [-0.05, 0) is 26.8 Å². The highest BCUT2D eigenvalue weighted by molar-refractivity contribution is 5.95. The van der Waals surface area contributed by atoms with Gasteiger partial charge in [0.05, 0.1) is 5.69 Å². The van der Waals surface area contributed by atoms with Crippen molar-refractivity contribution in [3.05, 3.63) is 28.8 Å². The van der Waals surface area contributed by atoms with Gasteiger partial charge in [-0.2, -0.15) is 0 Å². The quantitative estimate of drug-likeness (QED) is 0.599. The number of aromatic nitrogens is 1. The van der Waals surface area contributed by atoms with Crippen LogP contribution in [0.2, 0.25) is 0 Å². The van der Waals surface area contributed by atoms with E-state index < -0.39 is 5.82 Å². The fourth-order valence-electron chi connectivity index (χ4n) is 1.06. The molecule has 0 N–H and O–H groups in total. The maximum atomic E-state index is 12.9. The Kier molecular flexibility index (Phi) is 2.22. The largest absolute Gasteiger partial charge is 0.294 e. The summed E-state index contributed by atoms with van der Waals surface area (Å²) in [5.74, 6) is -0.579. The van der Waals surface area contributed by atoms with Crippen LogP contribution in [0.1, 0.15) is 28.7 Å². The lowest BCUT2D eigenvalue weighted by molar-refractivity contribution is 0.101. The van der Waals surface area contributed by atoms with Crippen LogP contribution in [0.15, 0.2) is 6.07 Å². The first-order valence-electron chi connectivity index (χ1n) is 3.67. The Balaban J connectivity index is 3.33. The highest BCUT2D eigenvalue weighted by atomic mass is 19.1. The van der Waals surface area contributed by atoms with Crippen LogP contribution in [0.5, 0.6) is 0 Å². The summed E-state index contributed by atoms with van der Waals surface area (Å²) in [6, 6.07) is 1.24. The van der Waals surface area contributed by atoms with Crippen LogP contribution in [0, 0.1) is 19.7 Å². The minimum absolute atomic E-state index is 0.154. The maximum Gasteiger partial charge on any atom is 0.161 e. The summed E-state index contributed by atoms with van der Waals surface area (Å²) in [7, 11) is 0. The van der Waals surface area contributed by atoms with Crippen molar-refractivity contribution in [2.75, 3.05) is 0 Å². The van der Waals surface area contributed by atoms with E-state index in [0.717, 1.165) is 0 Å². The number of Topliss-reactive ketones (excluding diaryl/α,β-unsaturated/α-hetero) is 1. The van der Waals surface area contributed by atoms with Crippen molar-refractivity contribution in [2.24, 2.45) is 0 Å². The van der Waals surface area contributed by atoms with Crippen molar-refractivity contribution in [3.8, 4) is 0 Å². The van der Waals surface area contributed by atoms with Gasteiger partial charge in [0.1, 0.15) is 5.82 Å². The standard InChI is InChI=1S/C9H10FNO/c1-5-8(7(3)12)4-9(10)6(2)11-5/h4H,1-3H3. The number of nitrogens with zero attached hydrogens (tertiary/aromatic N) is 1. The zero-order valence-electron chi connectivity index (χ0n) is 7.31. The summed E-state index contributed by atoms with van der Waals surface area (Å²) < 4.78 is 12.9. The molecule has 1 heterocycles. The third-order valence-electron chi connectivity index (χ3n) is 1.72. The van der Waals surface area contributed by atoms with E-state index in [1.165, 1.54) is 13.0 Å². The Morgan fingerprint density at radius 1 is 1.42 bits per heavy atom. The van der Waals surface area contributed by atoms with Crippen molar-refractivity contribution < 1.29 is 9.18 Å². The summed E-state index contributed by atoms with van der Waals surface area (Å²) in [6.45, 7) is 4.67. The SMILES string of the molecule is CC(=O)c1cc(F)c(C)nc1C. The van der Waals surface area contributed by atoms with Gasteiger partial charge in [0.2, 0.25) is 0 Å². The second kappa shape index (κ2) is 3.01. The number of aryl methyl sites for hydroxylation is 2. The topological polar surface area (TPSA) is 30.0 Å². The molecular weight excluding hydrogens is 157 g/mol. The predicted molar refractivity (Wildman–Crippen MR) is 43.7 cm³/mol. The Labute approximate surface area is 70.4 Å². The summed E-state index contributed by atoms with van der Waals surface area (Å²) in [5.41, 5.74) is 1.28. The number of ketones is 1. The number of hydrogen-bond donors (Lipinski definition) is 0. The predicted octanol–water partition coefficient (Wildman–Crippen LogP) is 2.04. The van der Waals surface area contributed by atoms with Crippen LogP contribution < -0.4 is 0 Å². The number of halogens is 1. The lowest BCUT2D eigenvalue weighted by Crippen LogP contribution is -2.02. The van der Waals surface area contributed by atoms with Gasteiger partial charge in [-0.15, -0.1) is 0 Å². The van der Waals surface area contributed by atoms with Gasteiger partial charge in [-0.1, -0.05) is 0 Å². The van der Waals surface area contributed by atoms with Crippen LogP contribution in [0.25, 0.3) is 0 Å². The lowest BCUT2D eigenvalue weighted by Gasteiger charge is -2.02. The van der Waals surface area contributed by atoms with E-state index in [1.54, 1.807) is 13.8 Å². The van der Waals surface area contributed by atoms with Crippen LogP contribution in [0.4, 0.5) is 4.39 Å². The van der Waals surface area contributed by atoms with Gasteiger partial charge in [0.15, 0.2) is 5.78 Å². The van der Waals surface area contributed by atoms with Crippen LogP contribution in [-0.2, 0) is 0 Å². The van der Waals surface area contributed by atoms with Crippen LogP contribution >= 0.6 is 0 Å². The Morgan fingerprint density at radius 2 is 2.00 bits per heavy atom. The number of rotatable bonds is 1. The van der Waals surface area contributed by atoms with E-state index in [2.05, 4.69) is 4.98 Å². The van der Waals surface area contributed by atoms with Gasteiger partial charge in [-0.25, -0.2) is 4.39 Å². The molecule has 12 heavy (non-hydrogen) atoms. The van der Waals surface area contributed by atoms with E-state index in [-0.39, 0.29) is 5.78 Å². The minimum Gasteiger partial charge on any atom is -0.294 e. The van der Waals surface area contributed by atoms with E-state index in [0.29, 0.717) is 17.0 Å². The normalized spacial score (nSPS) is 10.0. The summed E-state index contributed by atoms with van der Waals surface area (Å²) in [6.07, 6.45) is 0. The summed E-state index contributed by atoms with van der Waals surface area (Å²) in [4.78, 5) is 14.8. The van der Waals surface area contributed by atoms with Gasteiger partial charge in [0, 0.05) is 11.3 Å². The first kappa shape index (κ1) is 8.84. The second-order valence-electron chi connectivity index (χ2n) is 2.74. The van der Waals surface area contributed by atoms with E-state index >= 15 is 0 Å². The molecule has 2 nitrogen and oxygen atoms in total.